The Kier molecular flexibility index (Phi) is 3.10. The Bertz CT molecular complexity index is 819. The molecule has 0 radical (unpaired) electrons. The molecule has 0 fully saturated rings. The average molecular weight is 282 g/mol. The summed E-state index contributed by atoms with van der Waals surface area (Å²) in [5.41, 5.74) is 3.74. The first-order chi connectivity index (χ1) is 10.1. The summed E-state index contributed by atoms with van der Waals surface area (Å²) in [5, 5.41) is 9.90. The molecule has 0 atom stereocenters. The zero-order valence-electron chi connectivity index (χ0n) is 11.7. The lowest BCUT2D eigenvalue weighted by Gasteiger charge is -2.05. The number of methoxy groups -OCH3 is 1. The van der Waals surface area contributed by atoms with Crippen molar-refractivity contribution in [3.8, 4) is 17.0 Å². The molecule has 0 aliphatic carbocycles. The van der Waals surface area contributed by atoms with Crippen molar-refractivity contribution in [1.82, 2.24) is 9.97 Å². The minimum atomic E-state index is -0.984. The highest BCUT2D eigenvalue weighted by atomic mass is 16.5. The van der Waals surface area contributed by atoms with Crippen LogP contribution < -0.4 is 4.74 Å². The fraction of sp³-hybridized carbons (Fsp3) is 0.125. The van der Waals surface area contributed by atoms with Crippen LogP contribution in [0.3, 0.4) is 0 Å². The van der Waals surface area contributed by atoms with Crippen molar-refractivity contribution in [2.24, 2.45) is 0 Å². The molecule has 0 aliphatic rings. The van der Waals surface area contributed by atoms with Crippen LogP contribution in [-0.2, 0) is 0 Å². The first kappa shape index (κ1) is 13.2. The summed E-state index contributed by atoms with van der Waals surface area (Å²) < 4.78 is 5.42. The van der Waals surface area contributed by atoms with E-state index in [4.69, 9.17) is 9.84 Å². The molecule has 5 nitrogen and oxygen atoms in total. The Balaban J connectivity index is 2.24. The molecular formula is C16H14N2O3. The lowest BCUT2D eigenvalue weighted by atomic mass is 10.1. The van der Waals surface area contributed by atoms with Gasteiger partial charge in [-0.05, 0) is 31.2 Å². The van der Waals surface area contributed by atoms with Gasteiger partial charge in [0.25, 0.3) is 0 Å². The number of H-pyrrole nitrogens is 1. The smallest absolute Gasteiger partial charge is 0.337 e. The fourth-order valence-electron chi connectivity index (χ4n) is 2.50. The van der Waals surface area contributed by atoms with Crippen molar-refractivity contribution in [1.29, 1.82) is 0 Å². The molecule has 0 saturated heterocycles. The second-order valence-electron chi connectivity index (χ2n) is 4.75. The van der Waals surface area contributed by atoms with Gasteiger partial charge >= 0.3 is 5.97 Å². The van der Waals surface area contributed by atoms with Crippen molar-refractivity contribution in [3.05, 3.63) is 47.8 Å². The van der Waals surface area contributed by atoms with Gasteiger partial charge < -0.3 is 14.8 Å². The summed E-state index contributed by atoms with van der Waals surface area (Å²) in [6, 6.07) is 9.05. The molecule has 5 heteroatoms. The number of hydrogen-bond acceptors (Lipinski definition) is 3. The molecule has 2 heterocycles. The van der Waals surface area contributed by atoms with E-state index >= 15 is 0 Å². The van der Waals surface area contributed by atoms with E-state index in [0.29, 0.717) is 5.69 Å². The summed E-state index contributed by atoms with van der Waals surface area (Å²) in [6.07, 6.45) is 1.37. The van der Waals surface area contributed by atoms with Gasteiger partial charge in [-0.1, -0.05) is 6.07 Å². The van der Waals surface area contributed by atoms with Crippen LogP contribution in [0.1, 0.15) is 16.1 Å². The molecule has 3 aromatic rings. The van der Waals surface area contributed by atoms with Gasteiger partial charge in [-0.3, -0.25) is 4.98 Å². The predicted molar refractivity (Wildman–Crippen MR) is 79.8 cm³/mol. The van der Waals surface area contributed by atoms with Crippen LogP contribution >= 0.6 is 0 Å². The Labute approximate surface area is 121 Å². The van der Waals surface area contributed by atoms with Crippen LogP contribution in [0.2, 0.25) is 0 Å². The van der Waals surface area contributed by atoms with Crippen LogP contribution in [0.25, 0.3) is 22.2 Å². The molecule has 21 heavy (non-hydrogen) atoms. The Morgan fingerprint density at radius 1 is 1.29 bits per heavy atom. The van der Waals surface area contributed by atoms with Gasteiger partial charge in [0.15, 0.2) is 0 Å². The lowest BCUT2D eigenvalue weighted by Crippen LogP contribution is -1.97. The number of aromatic nitrogens is 2. The van der Waals surface area contributed by atoms with Crippen LogP contribution in [-0.4, -0.2) is 28.2 Å². The molecule has 0 saturated carbocycles. The van der Waals surface area contributed by atoms with Crippen molar-refractivity contribution in [3.63, 3.8) is 0 Å². The minimum absolute atomic E-state index is 0.170. The maximum absolute atomic E-state index is 10.9. The topological polar surface area (TPSA) is 75.2 Å². The van der Waals surface area contributed by atoms with Crippen molar-refractivity contribution < 1.29 is 14.6 Å². The van der Waals surface area contributed by atoms with Crippen LogP contribution in [0.15, 0.2) is 36.5 Å². The summed E-state index contributed by atoms with van der Waals surface area (Å²) >= 11 is 0. The normalized spacial score (nSPS) is 10.8. The first-order valence-electron chi connectivity index (χ1n) is 6.47. The number of pyridine rings is 1. The van der Waals surface area contributed by atoms with Crippen LogP contribution in [0.4, 0.5) is 0 Å². The van der Waals surface area contributed by atoms with Gasteiger partial charge in [0.1, 0.15) is 5.75 Å². The summed E-state index contributed by atoms with van der Waals surface area (Å²) in [4.78, 5) is 18.5. The number of benzene rings is 1. The largest absolute Gasteiger partial charge is 0.496 e. The molecule has 0 spiro atoms. The van der Waals surface area contributed by atoms with Crippen molar-refractivity contribution in [2.75, 3.05) is 7.11 Å². The van der Waals surface area contributed by atoms with E-state index in [9.17, 15) is 4.79 Å². The van der Waals surface area contributed by atoms with Gasteiger partial charge in [0.05, 0.1) is 29.3 Å². The van der Waals surface area contributed by atoms with Crippen LogP contribution in [0, 0.1) is 6.92 Å². The second kappa shape index (κ2) is 4.94. The highest BCUT2D eigenvalue weighted by molar-refractivity contribution is 6.01. The van der Waals surface area contributed by atoms with Gasteiger partial charge in [0.2, 0.25) is 0 Å². The third kappa shape index (κ3) is 2.12. The standard InChI is InChI=1S/C16H14N2O3/c1-9-14(11-7-6-10(8-17-11)16(19)20)15-12(18-9)4-3-5-13(15)21-2/h3-8,18H,1-2H3,(H,19,20). The van der Waals surface area contributed by atoms with Crippen molar-refractivity contribution >= 4 is 16.9 Å². The fourth-order valence-corrected chi connectivity index (χ4v) is 2.50. The van der Waals surface area contributed by atoms with E-state index < -0.39 is 5.97 Å². The molecule has 1 aromatic carbocycles. The number of nitrogens with one attached hydrogen (secondary N) is 1. The number of carboxylic acids is 1. The number of fused-ring (bicyclic) bond motifs is 1. The third-order valence-electron chi connectivity index (χ3n) is 3.46. The Morgan fingerprint density at radius 3 is 2.71 bits per heavy atom. The zero-order chi connectivity index (χ0) is 15.0. The van der Waals surface area contributed by atoms with E-state index in [2.05, 4.69) is 9.97 Å². The number of carboxylic acid groups (broad SMARTS) is 1. The summed E-state index contributed by atoms with van der Waals surface area (Å²) in [7, 11) is 1.63. The molecule has 2 aromatic heterocycles. The minimum Gasteiger partial charge on any atom is -0.496 e. The van der Waals surface area contributed by atoms with Gasteiger partial charge in [-0.15, -0.1) is 0 Å². The molecule has 0 bridgehead atoms. The van der Waals surface area contributed by atoms with Crippen molar-refractivity contribution in [2.45, 2.75) is 6.92 Å². The second-order valence-corrected chi connectivity index (χ2v) is 4.75. The zero-order valence-corrected chi connectivity index (χ0v) is 11.7. The average Bonchev–Trinajstić information content (AvgIpc) is 2.83. The number of aromatic carboxylic acids is 1. The number of nitrogens with zero attached hydrogens (tertiary/aromatic N) is 1. The maximum Gasteiger partial charge on any atom is 0.337 e. The Morgan fingerprint density at radius 2 is 2.10 bits per heavy atom. The van der Waals surface area contributed by atoms with E-state index in [1.165, 1.54) is 6.20 Å². The number of aromatic amines is 1. The molecule has 0 unspecified atom stereocenters. The molecular weight excluding hydrogens is 268 g/mol. The SMILES string of the molecule is COc1cccc2[nH]c(C)c(-c3ccc(C(=O)O)cn3)c12. The quantitative estimate of drug-likeness (QED) is 0.773. The molecule has 0 aliphatic heterocycles. The predicted octanol–water partition coefficient (Wildman–Crippen LogP) is 3.25. The van der Waals surface area contributed by atoms with E-state index in [-0.39, 0.29) is 5.56 Å². The van der Waals surface area contributed by atoms with E-state index in [0.717, 1.165) is 27.9 Å². The maximum atomic E-state index is 10.9. The van der Waals surface area contributed by atoms with E-state index in [1.54, 1.807) is 19.2 Å². The molecule has 2 N–H and O–H groups in total. The lowest BCUT2D eigenvalue weighted by molar-refractivity contribution is 0.0696. The third-order valence-corrected chi connectivity index (χ3v) is 3.46. The molecule has 0 amide bonds. The monoisotopic (exact) mass is 282 g/mol. The van der Waals surface area contributed by atoms with Gasteiger partial charge in [0, 0.05) is 17.5 Å². The van der Waals surface area contributed by atoms with Gasteiger partial charge in [-0.2, -0.15) is 0 Å². The van der Waals surface area contributed by atoms with Gasteiger partial charge in [-0.25, -0.2) is 4.79 Å². The number of carbonyl (C=O) groups is 1. The number of rotatable bonds is 3. The summed E-state index contributed by atoms with van der Waals surface area (Å²) in [5.74, 6) is -0.224. The molecule has 106 valence electrons. The van der Waals surface area contributed by atoms with Crippen LogP contribution in [0.5, 0.6) is 5.75 Å². The highest BCUT2D eigenvalue weighted by Gasteiger charge is 2.16. The van der Waals surface area contributed by atoms with E-state index in [1.807, 2.05) is 25.1 Å². The first-order valence-corrected chi connectivity index (χ1v) is 6.47. The number of hydrogen-bond donors (Lipinski definition) is 2. The molecule has 3 rings (SSSR count). The highest BCUT2D eigenvalue weighted by Crippen LogP contribution is 2.36. The Hall–Kier alpha value is -2.82. The summed E-state index contributed by atoms with van der Waals surface area (Å²) in [6.45, 7) is 1.96. The number of aryl methyl sites for hydroxylation is 1. The number of ether oxygens (including phenoxy) is 1.